The maximum atomic E-state index is 12.8. The molecule has 0 aromatic rings. The van der Waals surface area contributed by atoms with Gasteiger partial charge in [-0.1, -0.05) is 24.6 Å². The molecule has 3 saturated carbocycles. The van der Waals surface area contributed by atoms with Crippen LogP contribution in [0.5, 0.6) is 0 Å². The first-order valence-electron chi connectivity index (χ1n) is 11.3. The van der Waals surface area contributed by atoms with E-state index < -0.39 is 5.41 Å². The van der Waals surface area contributed by atoms with Crippen molar-refractivity contribution in [3.63, 3.8) is 0 Å². The quantitative estimate of drug-likeness (QED) is 0.634. The fraction of sp³-hybridized carbons (Fsp3) is 0.720. The minimum absolute atomic E-state index is 0.0407. The van der Waals surface area contributed by atoms with Gasteiger partial charge < -0.3 is 9.47 Å². The maximum Gasteiger partial charge on any atom is 0.302 e. The number of hydrogen-bond acceptors (Lipinski definition) is 5. The number of rotatable bonds is 3. The van der Waals surface area contributed by atoms with Crippen LogP contribution in [0.1, 0.15) is 73.1 Å². The van der Waals surface area contributed by atoms with Crippen molar-refractivity contribution in [2.75, 3.05) is 6.61 Å². The summed E-state index contributed by atoms with van der Waals surface area (Å²) in [4.78, 5) is 36.2. The van der Waals surface area contributed by atoms with Crippen LogP contribution in [0.2, 0.25) is 0 Å². The van der Waals surface area contributed by atoms with Crippen LogP contribution in [-0.4, -0.2) is 30.4 Å². The highest BCUT2D eigenvalue weighted by atomic mass is 16.5. The molecule has 4 rings (SSSR count). The van der Waals surface area contributed by atoms with Crippen molar-refractivity contribution >= 4 is 17.7 Å². The van der Waals surface area contributed by atoms with E-state index in [1.54, 1.807) is 0 Å². The van der Waals surface area contributed by atoms with Crippen molar-refractivity contribution < 1.29 is 23.9 Å². The Morgan fingerprint density at radius 3 is 2.40 bits per heavy atom. The van der Waals surface area contributed by atoms with Gasteiger partial charge in [0.05, 0.1) is 0 Å². The molecule has 0 aromatic heterocycles. The molecule has 0 amide bonds. The average Bonchev–Trinajstić information content (AvgIpc) is 2.99. The summed E-state index contributed by atoms with van der Waals surface area (Å²) in [5.74, 6) is 0.404. The monoisotopic (exact) mass is 414 g/mol. The third kappa shape index (κ3) is 2.99. The van der Waals surface area contributed by atoms with Crippen LogP contribution in [0, 0.1) is 28.1 Å². The molecule has 4 aliphatic rings. The zero-order chi connectivity index (χ0) is 21.9. The largest absolute Gasteiger partial charge is 0.465 e. The van der Waals surface area contributed by atoms with Gasteiger partial charge in [0.1, 0.15) is 18.5 Å². The molecule has 0 bridgehead atoms. The summed E-state index contributed by atoms with van der Waals surface area (Å²) >= 11 is 0. The lowest BCUT2D eigenvalue weighted by Gasteiger charge is -2.57. The van der Waals surface area contributed by atoms with Crippen molar-refractivity contribution in [2.24, 2.45) is 28.1 Å². The summed E-state index contributed by atoms with van der Waals surface area (Å²) in [5, 5.41) is 0. The predicted molar refractivity (Wildman–Crippen MR) is 112 cm³/mol. The predicted octanol–water partition coefficient (Wildman–Crippen LogP) is 4.55. The number of ether oxygens (including phenoxy) is 2. The topological polar surface area (TPSA) is 69.7 Å². The van der Waals surface area contributed by atoms with Crippen molar-refractivity contribution in [3.05, 3.63) is 23.3 Å². The van der Waals surface area contributed by atoms with E-state index in [1.807, 2.05) is 13.8 Å². The summed E-state index contributed by atoms with van der Waals surface area (Å²) in [6, 6.07) is 0. The lowest BCUT2D eigenvalue weighted by molar-refractivity contribution is -0.153. The van der Waals surface area contributed by atoms with Crippen LogP contribution in [0.25, 0.3) is 0 Å². The second kappa shape index (κ2) is 7.06. The van der Waals surface area contributed by atoms with E-state index in [1.165, 1.54) is 19.4 Å². The fourth-order valence-corrected chi connectivity index (χ4v) is 7.12. The molecule has 5 heteroatoms. The molecule has 0 radical (unpaired) electrons. The Balaban J connectivity index is 1.76. The maximum absolute atomic E-state index is 12.8. The molecule has 0 N–H and O–H groups in total. The lowest BCUT2D eigenvalue weighted by Crippen LogP contribution is -2.54. The highest BCUT2D eigenvalue weighted by Crippen LogP contribution is 2.65. The average molecular weight is 415 g/mol. The van der Waals surface area contributed by atoms with Gasteiger partial charge in [-0.05, 0) is 63.4 Å². The second-order valence-corrected chi connectivity index (χ2v) is 10.6. The van der Waals surface area contributed by atoms with E-state index in [-0.39, 0.29) is 40.6 Å². The van der Waals surface area contributed by atoms with E-state index in [0.717, 1.165) is 37.7 Å². The van der Waals surface area contributed by atoms with Crippen LogP contribution in [0.4, 0.5) is 0 Å². The molecule has 5 nitrogen and oxygen atoms in total. The van der Waals surface area contributed by atoms with E-state index in [2.05, 4.69) is 19.1 Å². The second-order valence-electron chi connectivity index (χ2n) is 10.6. The highest BCUT2D eigenvalue weighted by molar-refractivity contribution is 5.89. The molecule has 0 aliphatic heterocycles. The molecule has 0 saturated heterocycles. The zero-order valence-corrected chi connectivity index (χ0v) is 18.9. The van der Waals surface area contributed by atoms with Gasteiger partial charge in [-0.3, -0.25) is 14.4 Å². The van der Waals surface area contributed by atoms with Crippen LogP contribution in [-0.2, 0) is 23.9 Å². The first kappa shape index (κ1) is 21.3. The molecule has 5 atom stereocenters. The van der Waals surface area contributed by atoms with Gasteiger partial charge in [0, 0.05) is 36.5 Å². The molecular weight excluding hydrogens is 380 g/mol. The Hall–Kier alpha value is -1.91. The third-order valence-electron chi connectivity index (χ3n) is 8.68. The number of Topliss-reactive ketones (excluding diaryl/α,β-unsaturated/α-hetero) is 1. The van der Waals surface area contributed by atoms with E-state index in [9.17, 15) is 14.4 Å². The normalized spacial score (nSPS) is 39.1. The Bertz CT molecular complexity index is 850. The zero-order valence-electron chi connectivity index (χ0n) is 18.9. The molecule has 0 spiro atoms. The molecule has 0 aromatic carbocycles. The molecule has 5 unspecified atom stereocenters. The fourth-order valence-electron chi connectivity index (χ4n) is 7.12. The summed E-state index contributed by atoms with van der Waals surface area (Å²) in [6.07, 6.45) is 9.43. The first-order chi connectivity index (χ1) is 14.0. The Labute approximate surface area is 179 Å². The van der Waals surface area contributed by atoms with Gasteiger partial charge in [-0.2, -0.15) is 0 Å². The van der Waals surface area contributed by atoms with Crippen LogP contribution in [0.3, 0.4) is 0 Å². The summed E-state index contributed by atoms with van der Waals surface area (Å²) < 4.78 is 11.4. The Morgan fingerprint density at radius 2 is 1.73 bits per heavy atom. The van der Waals surface area contributed by atoms with Crippen molar-refractivity contribution in [2.45, 2.75) is 79.2 Å². The molecule has 30 heavy (non-hydrogen) atoms. The number of esters is 2. The van der Waals surface area contributed by atoms with Gasteiger partial charge >= 0.3 is 11.9 Å². The van der Waals surface area contributed by atoms with Gasteiger partial charge in [-0.15, -0.1) is 0 Å². The number of carbonyl (C=O) groups is 3. The van der Waals surface area contributed by atoms with Crippen LogP contribution >= 0.6 is 0 Å². The molecular formula is C25H34O5. The SMILES string of the molecule is CC(=O)OCC12CCC(=O)C(C)(C)C1=CC=C1C2CCC2(C)C(OC(C)=O)CCC12. The number of allylic oxidation sites excluding steroid dienone is 3. The van der Waals surface area contributed by atoms with Crippen molar-refractivity contribution in [3.8, 4) is 0 Å². The molecule has 3 fully saturated rings. The van der Waals surface area contributed by atoms with Crippen LogP contribution < -0.4 is 0 Å². The van der Waals surface area contributed by atoms with Crippen molar-refractivity contribution in [1.82, 2.24) is 0 Å². The molecule has 164 valence electrons. The first-order valence-corrected chi connectivity index (χ1v) is 11.3. The van der Waals surface area contributed by atoms with E-state index in [0.29, 0.717) is 18.9 Å². The molecule has 4 aliphatic carbocycles. The van der Waals surface area contributed by atoms with Gasteiger partial charge in [0.2, 0.25) is 0 Å². The highest BCUT2D eigenvalue weighted by Gasteiger charge is 2.61. The minimum atomic E-state index is -0.545. The lowest BCUT2D eigenvalue weighted by atomic mass is 9.47. The smallest absolute Gasteiger partial charge is 0.302 e. The Morgan fingerprint density at radius 1 is 1.00 bits per heavy atom. The van der Waals surface area contributed by atoms with Gasteiger partial charge in [0.15, 0.2) is 0 Å². The standard InChI is InChI=1S/C25H34O5/c1-15(26)29-14-25-13-11-21(28)23(3,4)20(25)8-6-17-18-7-9-22(30-16(2)27)24(18,5)12-10-19(17)25/h6,8,18-19,22H,7,9-14H2,1-5H3. The summed E-state index contributed by atoms with van der Waals surface area (Å²) in [5.41, 5.74) is 1.62. The van der Waals surface area contributed by atoms with E-state index >= 15 is 0 Å². The third-order valence-corrected chi connectivity index (χ3v) is 8.68. The van der Waals surface area contributed by atoms with Gasteiger partial charge in [0.25, 0.3) is 0 Å². The number of carbonyl (C=O) groups excluding carboxylic acids is 3. The number of hydrogen-bond donors (Lipinski definition) is 0. The van der Waals surface area contributed by atoms with Gasteiger partial charge in [-0.25, -0.2) is 0 Å². The molecule has 0 heterocycles. The van der Waals surface area contributed by atoms with Crippen molar-refractivity contribution in [1.29, 1.82) is 0 Å². The summed E-state index contributed by atoms with van der Waals surface area (Å²) in [7, 11) is 0. The number of ketones is 1. The van der Waals surface area contributed by atoms with Crippen LogP contribution in [0.15, 0.2) is 23.3 Å². The Kier molecular flexibility index (Phi) is 5.02. The minimum Gasteiger partial charge on any atom is -0.465 e. The number of fused-ring (bicyclic) bond motifs is 5. The summed E-state index contributed by atoms with van der Waals surface area (Å²) in [6.45, 7) is 9.58. The van der Waals surface area contributed by atoms with E-state index in [4.69, 9.17) is 9.47 Å².